The Morgan fingerprint density at radius 2 is 1.73 bits per heavy atom. The molecule has 0 unspecified atom stereocenters. The molecule has 6 N–H and O–H groups in total. The molecule has 3 amide bonds. The molecule has 11 nitrogen and oxygen atoms in total. The van der Waals surface area contributed by atoms with E-state index in [0.717, 1.165) is 38.9 Å². The number of hydrogen-bond acceptors (Lipinski definition) is 8. The largest absolute Gasteiger partial charge is 0.506 e. The van der Waals surface area contributed by atoms with Gasteiger partial charge in [-0.1, -0.05) is 29.8 Å². The second-order valence-electron chi connectivity index (χ2n) is 9.14. The number of amides is 3. The van der Waals surface area contributed by atoms with Gasteiger partial charge in [0.25, 0.3) is 17.7 Å². The van der Waals surface area contributed by atoms with Gasteiger partial charge in [-0.05, 0) is 48.0 Å². The summed E-state index contributed by atoms with van der Waals surface area (Å²) in [6.45, 7) is 4.90. The van der Waals surface area contributed by atoms with E-state index in [-0.39, 0.29) is 34.3 Å². The van der Waals surface area contributed by atoms with Gasteiger partial charge in [0.05, 0.1) is 16.3 Å². The Morgan fingerprint density at radius 3 is 2.41 bits per heavy atom. The fourth-order valence-corrected chi connectivity index (χ4v) is 4.34. The van der Waals surface area contributed by atoms with Gasteiger partial charge in [0.15, 0.2) is 0 Å². The standard InChI is InChI=1S/C29H30ClN7O4/c30-21-8-9-25(34-18-21)35-29(41)23-2-1-3-24(38)26(23)36-27(39)20-6-4-19(5-7-20)22(10-11-31)28(40)33-14-17-37-15-12-32-13-16-37/h1-11,18,31-32,38H,12-17H2,(H,33,40)(H,36,39)(H,34,35,41)/b22-10-,31-11?. The molecule has 0 aliphatic carbocycles. The molecule has 2 heterocycles. The fraction of sp³-hybridized carbons (Fsp3) is 0.207. The Bertz CT molecular complexity index is 1440. The summed E-state index contributed by atoms with van der Waals surface area (Å²) in [5, 5.41) is 29.7. The van der Waals surface area contributed by atoms with Crippen molar-refractivity contribution < 1.29 is 19.5 Å². The number of para-hydroxylation sites is 1. The smallest absolute Gasteiger partial charge is 0.259 e. The summed E-state index contributed by atoms with van der Waals surface area (Å²) in [4.78, 5) is 45.1. The number of halogens is 1. The maximum absolute atomic E-state index is 13.0. The summed E-state index contributed by atoms with van der Waals surface area (Å²) < 4.78 is 0. The fourth-order valence-electron chi connectivity index (χ4n) is 4.22. The van der Waals surface area contributed by atoms with E-state index in [9.17, 15) is 19.5 Å². The third kappa shape index (κ3) is 7.98. The van der Waals surface area contributed by atoms with E-state index in [0.29, 0.717) is 22.7 Å². The molecule has 1 aliphatic rings. The molecule has 1 fully saturated rings. The van der Waals surface area contributed by atoms with E-state index in [1.165, 1.54) is 48.7 Å². The van der Waals surface area contributed by atoms with E-state index in [2.05, 4.69) is 31.2 Å². The van der Waals surface area contributed by atoms with Gasteiger partial charge in [-0.3, -0.25) is 19.3 Å². The molecule has 1 aliphatic heterocycles. The van der Waals surface area contributed by atoms with Crippen molar-refractivity contribution in [3.63, 3.8) is 0 Å². The number of phenols is 1. The minimum absolute atomic E-state index is 0.0282. The first-order valence-electron chi connectivity index (χ1n) is 12.9. The Hall–Kier alpha value is -4.58. The molecule has 1 saturated heterocycles. The van der Waals surface area contributed by atoms with Crippen LogP contribution in [-0.4, -0.2) is 78.2 Å². The van der Waals surface area contributed by atoms with Crippen LogP contribution >= 0.6 is 11.6 Å². The Labute approximate surface area is 242 Å². The minimum atomic E-state index is -0.592. The molecule has 41 heavy (non-hydrogen) atoms. The van der Waals surface area contributed by atoms with Crippen LogP contribution in [0.25, 0.3) is 5.57 Å². The van der Waals surface area contributed by atoms with Crippen LogP contribution in [0.4, 0.5) is 11.5 Å². The van der Waals surface area contributed by atoms with Gasteiger partial charge < -0.3 is 31.8 Å². The number of benzene rings is 2. The summed E-state index contributed by atoms with van der Waals surface area (Å²) in [6.07, 6.45) is 3.82. The number of aromatic nitrogens is 1. The number of nitrogens with zero attached hydrogens (tertiary/aromatic N) is 2. The normalized spacial score (nSPS) is 13.7. The molecular weight excluding hydrogens is 546 g/mol. The first-order chi connectivity index (χ1) is 19.9. The van der Waals surface area contributed by atoms with Gasteiger partial charge in [-0.2, -0.15) is 0 Å². The third-order valence-corrected chi connectivity index (χ3v) is 6.59. The number of rotatable bonds is 10. The minimum Gasteiger partial charge on any atom is -0.506 e. The predicted molar refractivity (Wildman–Crippen MR) is 159 cm³/mol. The molecule has 1 aromatic heterocycles. The van der Waals surface area contributed by atoms with Crippen LogP contribution in [0, 0.1) is 5.41 Å². The van der Waals surface area contributed by atoms with E-state index >= 15 is 0 Å². The molecule has 0 spiro atoms. The lowest BCUT2D eigenvalue weighted by molar-refractivity contribution is -0.115. The molecule has 12 heteroatoms. The highest BCUT2D eigenvalue weighted by molar-refractivity contribution is 6.30. The molecule has 0 bridgehead atoms. The highest BCUT2D eigenvalue weighted by Crippen LogP contribution is 2.29. The molecule has 212 valence electrons. The van der Waals surface area contributed by atoms with Crippen LogP contribution in [0.1, 0.15) is 26.3 Å². The summed E-state index contributed by atoms with van der Waals surface area (Å²) in [5.41, 5.74) is 1.02. The van der Waals surface area contributed by atoms with Crippen LogP contribution < -0.4 is 21.3 Å². The van der Waals surface area contributed by atoms with Crippen molar-refractivity contribution in [1.29, 1.82) is 5.41 Å². The van der Waals surface area contributed by atoms with E-state index in [4.69, 9.17) is 17.0 Å². The van der Waals surface area contributed by atoms with Crippen molar-refractivity contribution >= 4 is 52.6 Å². The molecule has 0 saturated carbocycles. The van der Waals surface area contributed by atoms with Crippen molar-refractivity contribution in [2.75, 3.05) is 49.9 Å². The number of piperazine rings is 1. The zero-order chi connectivity index (χ0) is 29.2. The number of hydrogen-bond donors (Lipinski definition) is 6. The van der Waals surface area contributed by atoms with E-state index in [1.54, 1.807) is 18.2 Å². The van der Waals surface area contributed by atoms with Crippen molar-refractivity contribution in [3.05, 3.63) is 88.6 Å². The van der Waals surface area contributed by atoms with E-state index in [1.807, 2.05) is 0 Å². The first kappa shape index (κ1) is 29.4. The van der Waals surface area contributed by atoms with Crippen LogP contribution in [-0.2, 0) is 4.79 Å². The number of pyridine rings is 1. The van der Waals surface area contributed by atoms with Crippen LogP contribution in [0.2, 0.25) is 5.02 Å². The Balaban J connectivity index is 1.42. The SMILES string of the molecule is N=C/C=C(\C(=O)NCCN1CCNCC1)c1ccc(C(=O)Nc2c(O)cccc2C(=O)Nc2ccc(Cl)cn2)cc1. The first-order valence-corrected chi connectivity index (χ1v) is 13.3. The quantitative estimate of drug-likeness (QED) is 0.123. The number of anilines is 2. The summed E-state index contributed by atoms with van der Waals surface area (Å²) in [5.74, 6) is -1.53. The van der Waals surface area contributed by atoms with Crippen LogP contribution in [0.5, 0.6) is 5.75 Å². The van der Waals surface area contributed by atoms with Crippen molar-refractivity contribution in [3.8, 4) is 5.75 Å². The average molecular weight is 576 g/mol. The second-order valence-corrected chi connectivity index (χ2v) is 9.58. The van der Waals surface area contributed by atoms with E-state index < -0.39 is 11.8 Å². The number of carbonyl (C=O) groups is 3. The number of nitrogens with one attached hydrogen (secondary N) is 5. The lowest BCUT2D eigenvalue weighted by Crippen LogP contribution is -2.46. The van der Waals surface area contributed by atoms with Crippen molar-refractivity contribution in [2.24, 2.45) is 0 Å². The monoisotopic (exact) mass is 575 g/mol. The predicted octanol–water partition coefficient (Wildman–Crippen LogP) is 3.00. The van der Waals surface area contributed by atoms with Crippen molar-refractivity contribution in [1.82, 2.24) is 20.5 Å². The average Bonchev–Trinajstić information content (AvgIpc) is 2.98. The third-order valence-electron chi connectivity index (χ3n) is 6.37. The Morgan fingerprint density at radius 1 is 1.00 bits per heavy atom. The van der Waals surface area contributed by atoms with Gasteiger partial charge >= 0.3 is 0 Å². The highest BCUT2D eigenvalue weighted by atomic mass is 35.5. The van der Waals surface area contributed by atoms with Gasteiger partial charge in [0.2, 0.25) is 0 Å². The molecule has 4 rings (SSSR count). The zero-order valence-electron chi connectivity index (χ0n) is 22.1. The summed E-state index contributed by atoms with van der Waals surface area (Å²) in [6, 6.07) is 13.6. The number of aromatic hydroxyl groups is 1. The van der Waals surface area contributed by atoms with Crippen molar-refractivity contribution in [2.45, 2.75) is 0 Å². The van der Waals surface area contributed by atoms with Crippen LogP contribution in [0.15, 0.2) is 66.9 Å². The highest BCUT2D eigenvalue weighted by Gasteiger charge is 2.19. The number of allylic oxidation sites excluding steroid dienone is 1. The lowest BCUT2D eigenvalue weighted by Gasteiger charge is -2.27. The molecule has 0 radical (unpaired) electrons. The maximum atomic E-state index is 13.0. The molecule has 3 aromatic rings. The Kier molecular flexibility index (Phi) is 10.2. The lowest BCUT2D eigenvalue weighted by atomic mass is 10.0. The van der Waals surface area contributed by atoms with Gasteiger partial charge in [-0.15, -0.1) is 0 Å². The second kappa shape index (κ2) is 14.2. The molecule has 0 atom stereocenters. The van der Waals surface area contributed by atoms with Gasteiger partial charge in [-0.25, -0.2) is 4.98 Å². The number of carbonyl (C=O) groups excluding carboxylic acids is 3. The van der Waals surface area contributed by atoms with Gasteiger partial charge in [0, 0.05) is 62.8 Å². The summed E-state index contributed by atoms with van der Waals surface area (Å²) >= 11 is 5.84. The molecule has 2 aromatic carbocycles. The topological polar surface area (TPSA) is 160 Å². The summed E-state index contributed by atoms with van der Waals surface area (Å²) in [7, 11) is 0. The van der Waals surface area contributed by atoms with Gasteiger partial charge in [0.1, 0.15) is 11.6 Å². The maximum Gasteiger partial charge on any atom is 0.259 e. The van der Waals surface area contributed by atoms with Crippen LogP contribution in [0.3, 0.4) is 0 Å². The zero-order valence-corrected chi connectivity index (χ0v) is 22.9. The molecular formula is C29H30ClN7O4. The number of phenolic OH excluding ortho intramolecular Hbond substituents is 1.